The SMILES string of the molecule is CC/C=C\C/C=C\C/C=C\C/C=C\CCCCCCCCC(=O)OC(COC(=O)CCCCCCC/C=C\CCC)COC(=O)CCCCCCCCCCCCCCCCCCCCCC. The summed E-state index contributed by atoms with van der Waals surface area (Å²) in [5.74, 6) is -0.895. The first-order valence-electron chi connectivity index (χ1n) is 28.8. The minimum atomic E-state index is -0.783. The Bertz CT molecular complexity index is 1210. The van der Waals surface area contributed by atoms with Crippen molar-refractivity contribution < 1.29 is 28.6 Å². The summed E-state index contributed by atoms with van der Waals surface area (Å²) in [5.41, 5.74) is 0. The van der Waals surface area contributed by atoms with Crippen LogP contribution in [0.1, 0.15) is 290 Å². The quantitative estimate of drug-likeness (QED) is 0.0262. The molecule has 6 heteroatoms. The molecule has 0 saturated carbocycles. The molecule has 0 aromatic heterocycles. The Morgan fingerprint density at radius 3 is 0.985 bits per heavy atom. The molecule has 0 radical (unpaired) electrons. The van der Waals surface area contributed by atoms with Gasteiger partial charge in [0.05, 0.1) is 0 Å². The molecule has 0 rings (SSSR count). The zero-order valence-corrected chi connectivity index (χ0v) is 44.4. The van der Waals surface area contributed by atoms with Crippen molar-refractivity contribution in [2.75, 3.05) is 13.2 Å². The van der Waals surface area contributed by atoms with Crippen LogP contribution >= 0.6 is 0 Å². The van der Waals surface area contributed by atoms with E-state index in [0.717, 1.165) is 109 Å². The molecule has 0 amide bonds. The maximum Gasteiger partial charge on any atom is 0.306 e. The second-order valence-electron chi connectivity index (χ2n) is 19.2. The number of hydrogen-bond acceptors (Lipinski definition) is 6. The van der Waals surface area contributed by atoms with Gasteiger partial charge in [0, 0.05) is 19.3 Å². The van der Waals surface area contributed by atoms with E-state index in [0.29, 0.717) is 19.3 Å². The van der Waals surface area contributed by atoms with E-state index in [1.807, 2.05) is 0 Å². The average molecular weight is 938 g/mol. The van der Waals surface area contributed by atoms with Gasteiger partial charge in [-0.15, -0.1) is 0 Å². The minimum Gasteiger partial charge on any atom is -0.462 e. The summed E-state index contributed by atoms with van der Waals surface area (Å²) >= 11 is 0. The highest BCUT2D eigenvalue weighted by molar-refractivity contribution is 5.71. The van der Waals surface area contributed by atoms with E-state index in [1.165, 1.54) is 141 Å². The molecule has 6 nitrogen and oxygen atoms in total. The number of rotatable bonds is 52. The van der Waals surface area contributed by atoms with Crippen molar-refractivity contribution in [1.29, 1.82) is 0 Å². The smallest absolute Gasteiger partial charge is 0.306 e. The molecule has 0 aliphatic heterocycles. The molecular formula is C61H108O6. The third-order valence-corrected chi connectivity index (χ3v) is 12.5. The first-order chi connectivity index (χ1) is 33.0. The molecule has 0 heterocycles. The Kier molecular flexibility index (Phi) is 53.3. The van der Waals surface area contributed by atoms with Gasteiger partial charge in [0.1, 0.15) is 13.2 Å². The number of unbranched alkanes of at least 4 members (excludes halogenated alkanes) is 31. The molecule has 0 bridgehead atoms. The fourth-order valence-corrected chi connectivity index (χ4v) is 8.20. The molecule has 0 saturated heterocycles. The predicted octanol–water partition coefficient (Wildman–Crippen LogP) is 19.2. The van der Waals surface area contributed by atoms with Crippen molar-refractivity contribution >= 4 is 17.9 Å². The van der Waals surface area contributed by atoms with Gasteiger partial charge in [0.15, 0.2) is 6.10 Å². The third-order valence-electron chi connectivity index (χ3n) is 12.5. The Hall–Kier alpha value is -2.89. The van der Waals surface area contributed by atoms with Gasteiger partial charge in [-0.3, -0.25) is 14.4 Å². The monoisotopic (exact) mass is 937 g/mol. The summed E-state index contributed by atoms with van der Waals surface area (Å²) in [6.07, 6.45) is 69.3. The highest BCUT2D eigenvalue weighted by Gasteiger charge is 2.19. The predicted molar refractivity (Wildman–Crippen MR) is 288 cm³/mol. The zero-order chi connectivity index (χ0) is 48.6. The zero-order valence-electron chi connectivity index (χ0n) is 44.4. The largest absolute Gasteiger partial charge is 0.462 e. The Labute approximate surface area is 415 Å². The number of carbonyl (C=O) groups is 3. The molecular weight excluding hydrogens is 829 g/mol. The molecule has 1 atom stereocenters. The van der Waals surface area contributed by atoms with Crippen molar-refractivity contribution in [3.8, 4) is 0 Å². The topological polar surface area (TPSA) is 78.9 Å². The molecule has 0 aromatic carbocycles. The summed E-state index contributed by atoms with van der Waals surface area (Å²) in [5, 5.41) is 0. The lowest BCUT2D eigenvalue weighted by molar-refractivity contribution is -0.167. The van der Waals surface area contributed by atoms with Gasteiger partial charge in [-0.25, -0.2) is 0 Å². The van der Waals surface area contributed by atoms with E-state index in [1.54, 1.807) is 0 Å². The van der Waals surface area contributed by atoms with Crippen molar-refractivity contribution in [3.05, 3.63) is 60.8 Å². The number of ether oxygens (including phenoxy) is 3. The molecule has 388 valence electrons. The van der Waals surface area contributed by atoms with Crippen LogP contribution in [0.25, 0.3) is 0 Å². The number of carbonyl (C=O) groups excluding carboxylic acids is 3. The van der Waals surface area contributed by atoms with Crippen LogP contribution in [0.3, 0.4) is 0 Å². The highest BCUT2D eigenvalue weighted by atomic mass is 16.6. The van der Waals surface area contributed by atoms with Crippen LogP contribution in [0.15, 0.2) is 60.8 Å². The minimum absolute atomic E-state index is 0.0803. The number of allylic oxidation sites excluding steroid dienone is 10. The second-order valence-corrected chi connectivity index (χ2v) is 19.2. The molecule has 0 spiro atoms. The van der Waals surface area contributed by atoms with Gasteiger partial charge in [-0.1, -0.05) is 255 Å². The summed E-state index contributed by atoms with van der Waals surface area (Å²) in [6.45, 7) is 6.48. The fourth-order valence-electron chi connectivity index (χ4n) is 8.20. The lowest BCUT2D eigenvalue weighted by Gasteiger charge is -2.18. The van der Waals surface area contributed by atoms with Crippen LogP contribution in [0.4, 0.5) is 0 Å². The summed E-state index contributed by atoms with van der Waals surface area (Å²) in [4.78, 5) is 38.1. The van der Waals surface area contributed by atoms with Gasteiger partial charge >= 0.3 is 17.9 Å². The van der Waals surface area contributed by atoms with Gasteiger partial charge in [0.25, 0.3) is 0 Å². The highest BCUT2D eigenvalue weighted by Crippen LogP contribution is 2.16. The Balaban J connectivity index is 4.30. The van der Waals surface area contributed by atoms with Gasteiger partial charge in [0.2, 0.25) is 0 Å². The van der Waals surface area contributed by atoms with E-state index in [4.69, 9.17) is 14.2 Å². The number of hydrogen-bond donors (Lipinski definition) is 0. The standard InChI is InChI=1S/C61H108O6/c1-4-7-10-13-16-19-22-24-26-28-30-32-33-35-37-39-42-45-48-51-54-60(63)66-57-58(56-65-59(62)53-50-47-44-41-21-18-15-12-9-6-3)67-61(64)55-52-49-46-43-40-38-36-34-31-29-27-25-23-20-17-14-11-8-5-2/h8,11-12,15,17,20,25,27,31,34,58H,4-7,9-10,13-14,16,18-19,21-24,26,28-30,32-33,35-57H2,1-3H3/b11-8-,15-12-,20-17-,27-25-,34-31-. The average Bonchev–Trinajstić information content (AvgIpc) is 3.33. The Morgan fingerprint density at radius 2 is 0.612 bits per heavy atom. The van der Waals surface area contributed by atoms with E-state index in [-0.39, 0.29) is 31.1 Å². The van der Waals surface area contributed by atoms with E-state index in [2.05, 4.69) is 81.5 Å². The van der Waals surface area contributed by atoms with Crippen LogP contribution < -0.4 is 0 Å². The maximum atomic E-state index is 12.8. The summed E-state index contributed by atoms with van der Waals surface area (Å²) in [6, 6.07) is 0. The van der Waals surface area contributed by atoms with Crippen molar-refractivity contribution in [3.63, 3.8) is 0 Å². The maximum absolute atomic E-state index is 12.8. The summed E-state index contributed by atoms with van der Waals surface area (Å²) < 4.78 is 16.8. The van der Waals surface area contributed by atoms with Crippen LogP contribution in [0, 0.1) is 0 Å². The van der Waals surface area contributed by atoms with Crippen LogP contribution in [-0.2, 0) is 28.6 Å². The lowest BCUT2D eigenvalue weighted by Crippen LogP contribution is -2.30. The van der Waals surface area contributed by atoms with Crippen LogP contribution in [0.2, 0.25) is 0 Å². The van der Waals surface area contributed by atoms with Crippen molar-refractivity contribution in [2.45, 2.75) is 297 Å². The van der Waals surface area contributed by atoms with Gasteiger partial charge in [-0.05, 0) is 77.0 Å². The number of esters is 3. The molecule has 0 aliphatic rings. The molecule has 0 aromatic rings. The van der Waals surface area contributed by atoms with E-state index < -0.39 is 6.10 Å². The van der Waals surface area contributed by atoms with Crippen LogP contribution in [-0.4, -0.2) is 37.2 Å². The van der Waals surface area contributed by atoms with E-state index in [9.17, 15) is 14.4 Å². The summed E-state index contributed by atoms with van der Waals surface area (Å²) in [7, 11) is 0. The van der Waals surface area contributed by atoms with Crippen molar-refractivity contribution in [2.24, 2.45) is 0 Å². The van der Waals surface area contributed by atoms with Crippen LogP contribution in [0.5, 0.6) is 0 Å². The first-order valence-corrected chi connectivity index (χ1v) is 28.8. The molecule has 1 unspecified atom stereocenters. The molecule has 0 fully saturated rings. The van der Waals surface area contributed by atoms with Crippen molar-refractivity contribution in [1.82, 2.24) is 0 Å². The van der Waals surface area contributed by atoms with E-state index >= 15 is 0 Å². The molecule has 67 heavy (non-hydrogen) atoms. The third kappa shape index (κ3) is 53.9. The molecule has 0 N–H and O–H groups in total. The molecule has 0 aliphatic carbocycles. The Morgan fingerprint density at radius 1 is 0.313 bits per heavy atom. The second kappa shape index (κ2) is 55.7. The van der Waals surface area contributed by atoms with Gasteiger partial charge in [-0.2, -0.15) is 0 Å². The fraction of sp³-hybridized carbons (Fsp3) is 0.787. The normalized spacial score (nSPS) is 12.5. The lowest BCUT2D eigenvalue weighted by atomic mass is 10.0. The van der Waals surface area contributed by atoms with Gasteiger partial charge < -0.3 is 14.2 Å². The first kappa shape index (κ1) is 64.1.